The summed E-state index contributed by atoms with van der Waals surface area (Å²) in [5.41, 5.74) is -0.270. The summed E-state index contributed by atoms with van der Waals surface area (Å²) >= 11 is 0. The van der Waals surface area contributed by atoms with E-state index in [4.69, 9.17) is 0 Å². The Balaban J connectivity index is 2.01. The van der Waals surface area contributed by atoms with Crippen molar-refractivity contribution in [3.8, 4) is 0 Å². The lowest BCUT2D eigenvalue weighted by Crippen LogP contribution is -2.59. The number of hydrogen-bond donors (Lipinski definition) is 3. The van der Waals surface area contributed by atoms with Crippen LogP contribution in [0, 0.1) is 11.3 Å². The van der Waals surface area contributed by atoms with Crippen LogP contribution in [0.2, 0.25) is 0 Å². The van der Waals surface area contributed by atoms with Crippen LogP contribution in [0.5, 0.6) is 0 Å². The van der Waals surface area contributed by atoms with E-state index in [0.29, 0.717) is 12.0 Å². The number of urea groups is 1. The summed E-state index contributed by atoms with van der Waals surface area (Å²) < 4.78 is 0. The molecule has 0 aromatic carbocycles. The molecule has 2 aliphatic rings. The first kappa shape index (κ1) is 13.7. The summed E-state index contributed by atoms with van der Waals surface area (Å²) in [6.07, 6.45) is 5.04. The smallest absolute Gasteiger partial charge is 0.315 e. The lowest BCUT2D eigenvalue weighted by molar-refractivity contribution is 0.0432. The molecule has 0 aliphatic heterocycles. The highest BCUT2D eigenvalue weighted by atomic mass is 16.3. The summed E-state index contributed by atoms with van der Waals surface area (Å²) in [6.45, 7) is 6.66. The predicted octanol–water partition coefficient (Wildman–Crippen LogP) is 2.03. The molecule has 0 unspecified atom stereocenters. The Labute approximate surface area is 110 Å². The van der Waals surface area contributed by atoms with Gasteiger partial charge in [-0.15, -0.1) is 0 Å². The molecular formula is C14H26N2O2. The second kappa shape index (κ2) is 4.72. The summed E-state index contributed by atoms with van der Waals surface area (Å²) in [7, 11) is 0. The first-order valence-corrected chi connectivity index (χ1v) is 7.04. The molecule has 2 aliphatic carbocycles. The van der Waals surface area contributed by atoms with Gasteiger partial charge in [-0.2, -0.15) is 0 Å². The normalized spacial score (nSPS) is 35.0. The van der Waals surface area contributed by atoms with Crippen LogP contribution < -0.4 is 10.6 Å². The second-order valence-corrected chi connectivity index (χ2v) is 7.17. The quantitative estimate of drug-likeness (QED) is 0.721. The Morgan fingerprint density at radius 3 is 2.50 bits per heavy atom. The maximum Gasteiger partial charge on any atom is 0.315 e. The molecule has 0 heterocycles. The third-order valence-corrected chi connectivity index (χ3v) is 4.05. The van der Waals surface area contributed by atoms with Gasteiger partial charge in [-0.1, -0.05) is 20.8 Å². The van der Waals surface area contributed by atoms with Crippen molar-refractivity contribution >= 4 is 6.03 Å². The van der Waals surface area contributed by atoms with Crippen LogP contribution in [0.1, 0.15) is 52.9 Å². The summed E-state index contributed by atoms with van der Waals surface area (Å²) in [5.74, 6) is 0.530. The third-order valence-electron chi connectivity index (χ3n) is 4.05. The van der Waals surface area contributed by atoms with Crippen molar-refractivity contribution in [3.63, 3.8) is 0 Å². The van der Waals surface area contributed by atoms with Gasteiger partial charge in [0.2, 0.25) is 0 Å². The van der Waals surface area contributed by atoms with Gasteiger partial charge in [-0.25, -0.2) is 4.79 Å². The molecule has 0 saturated heterocycles. The van der Waals surface area contributed by atoms with Crippen molar-refractivity contribution in [3.05, 3.63) is 0 Å². The minimum atomic E-state index is -0.444. The lowest BCUT2D eigenvalue weighted by Gasteiger charge is -2.47. The highest BCUT2D eigenvalue weighted by Gasteiger charge is 2.43. The van der Waals surface area contributed by atoms with Crippen LogP contribution in [0.3, 0.4) is 0 Å². The van der Waals surface area contributed by atoms with Crippen LogP contribution in [-0.2, 0) is 0 Å². The number of amides is 2. The van der Waals surface area contributed by atoms with Gasteiger partial charge in [0.15, 0.2) is 0 Å². The molecular weight excluding hydrogens is 228 g/mol. The monoisotopic (exact) mass is 254 g/mol. The fraction of sp³-hybridized carbons (Fsp3) is 0.929. The van der Waals surface area contributed by atoms with E-state index in [1.807, 2.05) is 0 Å². The summed E-state index contributed by atoms with van der Waals surface area (Å²) in [5, 5.41) is 15.7. The van der Waals surface area contributed by atoms with E-state index < -0.39 is 5.54 Å². The highest BCUT2D eigenvalue weighted by Crippen LogP contribution is 2.43. The number of aliphatic hydroxyl groups is 1. The summed E-state index contributed by atoms with van der Waals surface area (Å²) in [4.78, 5) is 11.9. The molecule has 2 fully saturated rings. The number of nitrogens with one attached hydrogen (secondary N) is 2. The maximum absolute atomic E-state index is 11.9. The molecule has 2 atom stereocenters. The number of aliphatic hydroxyl groups excluding tert-OH is 1. The van der Waals surface area contributed by atoms with E-state index in [2.05, 4.69) is 31.4 Å². The van der Waals surface area contributed by atoms with Crippen molar-refractivity contribution in [2.75, 3.05) is 6.61 Å². The Bertz CT molecular complexity index is 326. The predicted molar refractivity (Wildman–Crippen MR) is 71.3 cm³/mol. The minimum absolute atomic E-state index is 0.0266. The molecule has 0 radical (unpaired) electrons. The highest BCUT2D eigenvalue weighted by molar-refractivity contribution is 5.75. The molecule has 0 spiro atoms. The molecule has 2 amide bonds. The molecule has 104 valence electrons. The van der Waals surface area contributed by atoms with Gasteiger partial charge in [0.05, 0.1) is 12.1 Å². The first-order valence-electron chi connectivity index (χ1n) is 7.04. The first-order chi connectivity index (χ1) is 8.34. The van der Waals surface area contributed by atoms with E-state index in [9.17, 15) is 9.90 Å². The van der Waals surface area contributed by atoms with E-state index in [1.165, 1.54) is 0 Å². The van der Waals surface area contributed by atoms with Crippen molar-refractivity contribution in [1.82, 2.24) is 10.6 Å². The molecule has 4 heteroatoms. The number of rotatable bonds is 3. The van der Waals surface area contributed by atoms with Crippen molar-refractivity contribution < 1.29 is 9.90 Å². The minimum Gasteiger partial charge on any atom is -0.394 e. The van der Waals surface area contributed by atoms with Gasteiger partial charge in [0.25, 0.3) is 0 Å². The van der Waals surface area contributed by atoms with Crippen LogP contribution in [-0.4, -0.2) is 29.3 Å². The molecule has 2 saturated carbocycles. The van der Waals surface area contributed by atoms with Crippen LogP contribution >= 0.6 is 0 Å². The van der Waals surface area contributed by atoms with Crippen LogP contribution in [0.4, 0.5) is 4.79 Å². The van der Waals surface area contributed by atoms with Gasteiger partial charge in [0, 0.05) is 6.04 Å². The van der Waals surface area contributed by atoms with Crippen molar-refractivity contribution in [2.45, 2.75) is 64.5 Å². The fourth-order valence-electron chi connectivity index (χ4n) is 3.69. The molecule has 2 rings (SSSR count). The second-order valence-electron chi connectivity index (χ2n) is 7.17. The van der Waals surface area contributed by atoms with Gasteiger partial charge in [0.1, 0.15) is 0 Å². The van der Waals surface area contributed by atoms with E-state index in [-0.39, 0.29) is 18.1 Å². The Kier molecular flexibility index (Phi) is 3.58. The molecule has 0 bridgehead atoms. The largest absolute Gasteiger partial charge is 0.394 e. The average Bonchev–Trinajstić information content (AvgIpc) is 2.97. The van der Waals surface area contributed by atoms with Crippen molar-refractivity contribution in [2.24, 2.45) is 11.3 Å². The molecule has 0 aromatic heterocycles. The number of hydrogen-bond acceptors (Lipinski definition) is 2. The molecule has 3 N–H and O–H groups in total. The summed E-state index contributed by atoms with van der Waals surface area (Å²) in [6, 6.07) is 0.242. The SMILES string of the molecule is C[C@@H]1CC(C)(C)C[C@@](CO)(NC(=O)NC2CC2)C1. The van der Waals surface area contributed by atoms with Gasteiger partial charge >= 0.3 is 6.03 Å². The van der Waals surface area contributed by atoms with E-state index in [0.717, 1.165) is 32.1 Å². The molecule has 18 heavy (non-hydrogen) atoms. The van der Waals surface area contributed by atoms with Gasteiger partial charge in [-0.3, -0.25) is 0 Å². The standard InChI is InChI=1S/C14H26N2O2/c1-10-6-13(2,3)8-14(7-10,9-17)16-12(18)15-11-4-5-11/h10-11,17H,4-9H2,1-3H3,(H2,15,16,18)/t10-,14+/m1/s1. The Morgan fingerprint density at radius 1 is 1.33 bits per heavy atom. The van der Waals surface area contributed by atoms with E-state index in [1.54, 1.807) is 0 Å². The Morgan fingerprint density at radius 2 is 2.00 bits per heavy atom. The van der Waals surface area contributed by atoms with Crippen molar-refractivity contribution in [1.29, 1.82) is 0 Å². The molecule has 0 aromatic rings. The fourth-order valence-corrected chi connectivity index (χ4v) is 3.69. The maximum atomic E-state index is 11.9. The number of carbonyl (C=O) groups is 1. The lowest BCUT2D eigenvalue weighted by atomic mass is 9.64. The van der Waals surface area contributed by atoms with Crippen LogP contribution in [0.25, 0.3) is 0 Å². The number of carbonyl (C=O) groups excluding carboxylic acids is 1. The zero-order chi connectivity index (χ0) is 13.4. The Hall–Kier alpha value is -0.770. The molecule has 4 nitrogen and oxygen atoms in total. The van der Waals surface area contributed by atoms with Crippen LogP contribution in [0.15, 0.2) is 0 Å². The van der Waals surface area contributed by atoms with Gasteiger partial charge < -0.3 is 15.7 Å². The van der Waals surface area contributed by atoms with Gasteiger partial charge in [-0.05, 0) is 43.4 Å². The third kappa shape index (κ3) is 3.37. The average molecular weight is 254 g/mol. The topological polar surface area (TPSA) is 61.4 Å². The van der Waals surface area contributed by atoms with E-state index >= 15 is 0 Å². The zero-order valence-corrected chi connectivity index (χ0v) is 11.8. The zero-order valence-electron chi connectivity index (χ0n) is 11.8.